The zero-order chi connectivity index (χ0) is 9.90. The van der Waals surface area contributed by atoms with Crippen LogP contribution in [0.5, 0.6) is 0 Å². The Morgan fingerprint density at radius 2 is 1.77 bits per heavy atom. The zero-order valence-electron chi connectivity index (χ0n) is 7.93. The highest BCUT2D eigenvalue weighted by atomic mass is 79.9. The molecule has 2 nitrogen and oxygen atoms in total. The molecule has 1 aromatic heterocycles. The van der Waals surface area contributed by atoms with Crippen molar-refractivity contribution in [2.75, 3.05) is 0 Å². The summed E-state index contributed by atoms with van der Waals surface area (Å²) in [5, 5.41) is 0. The van der Waals surface area contributed by atoms with Crippen LogP contribution in [-0.2, 0) is 0 Å². The van der Waals surface area contributed by atoms with Gasteiger partial charge in [0, 0.05) is 17.8 Å². The molecule has 3 heteroatoms. The average Bonchev–Trinajstić information content (AvgIpc) is 2.02. The second kappa shape index (κ2) is 3.89. The lowest BCUT2D eigenvalue weighted by Crippen LogP contribution is -2.00. The van der Waals surface area contributed by atoms with Gasteiger partial charge in [-0.05, 0) is 42.6 Å². The first-order chi connectivity index (χ1) is 5.97. The molecule has 0 aliphatic heterocycles. The van der Waals surface area contributed by atoms with Crippen LogP contribution in [0.3, 0.4) is 0 Å². The first kappa shape index (κ1) is 10.2. The third-order valence-corrected chi connectivity index (χ3v) is 1.58. The summed E-state index contributed by atoms with van der Waals surface area (Å²) in [6, 6.07) is 0. The molecule has 0 aliphatic carbocycles. The Labute approximate surface area is 86.9 Å². The monoisotopic (exact) mass is 238 g/mol. The van der Waals surface area contributed by atoms with Gasteiger partial charge in [-0.3, -0.25) is 0 Å². The van der Waals surface area contributed by atoms with E-state index in [1.165, 1.54) is 0 Å². The molecule has 13 heavy (non-hydrogen) atoms. The molecule has 68 valence electrons. The van der Waals surface area contributed by atoms with Crippen LogP contribution < -0.4 is 0 Å². The molecule has 0 bridgehead atoms. The van der Waals surface area contributed by atoms with Gasteiger partial charge >= 0.3 is 0 Å². The standard InChI is InChI=1S/C10H11BrN2/c1-10(2,3)5-4-9-12-6-8(11)7-13-9/h6-7H,1-3H3. The van der Waals surface area contributed by atoms with Gasteiger partial charge in [0.25, 0.3) is 0 Å². The predicted molar refractivity (Wildman–Crippen MR) is 56.1 cm³/mol. The van der Waals surface area contributed by atoms with Crippen molar-refractivity contribution >= 4 is 15.9 Å². The minimum atomic E-state index is -0.00354. The first-order valence-corrected chi connectivity index (χ1v) is 4.77. The van der Waals surface area contributed by atoms with Crippen LogP contribution in [0, 0.1) is 17.3 Å². The lowest BCUT2D eigenvalue weighted by Gasteiger charge is -2.06. The third kappa shape index (κ3) is 4.05. The summed E-state index contributed by atoms with van der Waals surface area (Å²) < 4.78 is 0.869. The van der Waals surface area contributed by atoms with Gasteiger partial charge in [0.1, 0.15) is 0 Å². The molecule has 0 spiro atoms. The summed E-state index contributed by atoms with van der Waals surface area (Å²) in [5.74, 6) is 6.55. The Kier molecular flexibility index (Phi) is 3.05. The summed E-state index contributed by atoms with van der Waals surface area (Å²) in [4.78, 5) is 8.10. The smallest absolute Gasteiger partial charge is 0.204 e. The molecule has 0 saturated carbocycles. The maximum Gasteiger partial charge on any atom is 0.204 e. The molecule has 0 aromatic carbocycles. The van der Waals surface area contributed by atoms with Crippen LogP contribution in [-0.4, -0.2) is 9.97 Å². The normalized spacial score (nSPS) is 10.5. The van der Waals surface area contributed by atoms with Crippen molar-refractivity contribution in [1.29, 1.82) is 0 Å². The Morgan fingerprint density at radius 3 is 2.23 bits per heavy atom. The highest BCUT2D eigenvalue weighted by Crippen LogP contribution is 2.10. The van der Waals surface area contributed by atoms with Crippen LogP contribution in [0.25, 0.3) is 0 Å². The maximum absolute atomic E-state index is 4.05. The van der Waals surface area contributed by atoms with Crippen LogP contribution in [0.2, 0.25) is 0 Å². The fourth-order valence-electron chi connectivity index (χ4n) is 0.620. The third-order valence-electron chi connectivity index (χ3n) is 1.17. The first-order valence-electron chi connectivity index (χ1n) is 3.98. The van der Waals surface area contributed by atoms with Gasteiger partial charge in [-0.1, -0.05) is 5.92 Å². The van der Waals surface area contributed by atoms with Crippen molar-refractivity contribution in [1.82, 2.24) is 9.97 Å². The van der Waals surface area contributed by atoms with Crippen molar-refractivity contribution in [3.8, 4) is 11.8 Å². The molecule has 0 unspecified atom stereocenters. The second-order valence-electron chi connectivity index (χ2n) is 3.72. The number of halogens is 1. The van der Waals surface area contributed by atoms with E-state index in [9.17, 15) is 0 Å². The molecule has 0 amide bonds. The van der Waals surface area contributed by atoms with Gasteiger partial charge in [-0.2, -0.15) is 0 Å². The lowest BCUT2D eigenvalue weighted by atomic mass is 9.98. The molecular weight excluding hydrogens is 228 g/mol. The molecule has 0 N–H and O–H groups in total. The number of aromatic nitrogens is 2. The lowest BCUT2D eigenvalue weighted by molar-refractivity contribution is 0.570. The van der Waals surface area contributed by atoms with Crippen LogP contribution >= 0.6 is 15.9 Å². The fourth-order valence-corrected chi connectivity index (χ4v) is 0.825. The van der Waals surface area contributed by atoms with E-state index >= 15 is 0 Å². The summed E-state index contributed by atoms with van der Waals surface area (Å²) >= 11 is 3.26. The van der Waals surface area contributed by atoms with Gasteiger partial charge in [0.15, 0.2) is 0 Å². The number of nitrogens with zero attached hydrogens (tertiary/aromatic N) is 2. The molecular formula is C10H11BrN2. The summed E-state index contributed by atoms with van der Waals surface area (Å²) in [7, 11) is 0. The molecule has 0 radical (unpaired) electrons. The molecule has 1 rings (SSSR count). The molecule has 1 heterocycles. The van der Waals surface area contributed by atoms with E-state index in [0.29, 0.717) is 5.82 Å². The number of hydrogen-bond acceptors (Lipinski definition) is 2. The second-order valence-corrected chi connectivity index (χ2v) is 4.64. The topological polar surface area (TPSA) is 25.8 Å². The van der Waals surface area contributed by atoms with Gasteiger partial charge in [0.2, 0.25) is 5.82 Å². The molecule has 1 aromatic rings. The molecule has 0 saturated heterocycles. The van der Waals surface area contributed by atoms with E-state index in [-0.39, 0.29) is 5.41 Å². The van der Waals surface area contributed by atoms with Crippen molar-refractivity contribution in [2.24, 2.45) is 5.41 Å². The number of hydrogen-bond donors (Lipinski definition) is 0. The highest BCUT2D eigenvalue weighted by molar-refractivity contribution is 9.10. The highest BCUT2D eigenvalue weighted by Gasteiger charge is 2.03. The quantitative estimate of drug-likeness (QED) is 0.650. The van der Waals surface area contributed by atoms with E-state index in [2.05, 4.69) is 58.5 Å². The Morgan fingerprint density at radius 1 is 1.23 bits per heavy atom. The Bertz CT molecular complexity index is 338. The fraction of sp³-hybridized carbons (Fsp3) is 0.400. The molecule has 0 aliphatic rings. The minimum Gasteiger partial charge on any atom is -0.228 e. The SMILES string of the molecule is CC(C)(C)C#Cc1ncc(Br)cn1. The molecule has 0 atom stereocenters. The van der Waals surface area contributed by atoms with Gasteiger partial charge in [-0.15, -0.1) is 0 Å². The van der Waals surface area contributed by atoms with Crippen molar-refractivity contribution in [3.05, 3.63) is 22.7 Å². The largest absolute Gasteiger partial charge is 0.228 e. The molecule has 0 fully saturated rings. The van der Waals surface area contributed by atoms with Gasteiger partial charge in [0.05, 0.1) is 4.47 Å². The summed E-state index contributed by atoms with van der Waals surface area (Å²) in [6.45, 7) is 6.16. The number of rotatable bonds is 0. The minimum absolute atomic E-state index is 0.00354. The van der Waals surface area contributed by atoms with Crippen LogP contribution in [0.4, 0.5) is 0 Å². The van der Waals surface area contributed by atoms with E-state index in [1.54, 1.807) is 12.4 Å². The van der Waals surface area contributed by atoms with Crippen LogP contribution in [0.1, 0.15) is 26.6 Å². The van der Waals surface area contributed by atoms with Crippen molar-refractivity contribution in [2.45, 2.75) is 20.8 Å². The summed E-state index contributed by atoms with van der Waals surface area (Å²) in [5.41, 5.74) is -0.00354. The Balaban J connectivity index is 2.85. The Hall–Kier alpha value is -0.880. The zero-order valence-corrected chi connectivity index (χ0v) is 9.51. The van der Waals surface area contributed by atoms with Gasteiger partial charge in [-0.25, -0.2) is 9.97 Å². The van der Waals surface area contributed by atoms with E-state index in [4.69, 9.17) is 0 Å². The van der Waals surface area contributed by atoms with Crippen LogP contribution in [0.15, 0.2) is 16.9 Å². The summed E-state index contributed by atoms with van der Waals surface area (Å²) in [6.07, 6.45) is 3.39. The van der Waals surface area contributed by atoms with Crippen molar-refractivity contribution in [3.63, 3.8) is 0 Å². The van der Waals surface area contributed by atoms with E-state index in [0.717, 1.165) is 4.47 Å². The average molecular weight is 239 g/mol. The maximum atomic E-state index is 4.05. The van der Waals surface area contributed by atoms with E-state index < -0.39 is 0 Å². The van der Waals surface area contributed by atoms with Crippen molar-refractivity contribution < 1.29 is 0 Å². The van der Waals surface area contributed by atoms with Gasteiger partial charge < -0.3 is 0 Å². The van der Waals surface area contributed by atoms with E-state index in [1.807, 2.05) is 0 Å². The predicted octanol–water partition coefficient (Wildman–Crippen LogP) is 2.64.